The molecular formula is C22H30O3. The molecule has 25 heavy (non-hydrogen) atoms. The van der Waals surface area contributed by atoms with E-state index in [-0.39, 0.29) is 17.2 Å². The first kappa shape index (κ1) is 18.2. The van der Waals surface area contributed by atoms with Crippen LogP contribution in [0.5, 0.6) is 0 Å². The minimum absolute atomic E-state index is 0.0366. The van der Waals surface area contributed by atoms with Gasteiger partial charge in [0.1, 0.15) is 0 Å². The molecule has 0 radical (unpaired) electrons. The summed E-state index contributed by atoms with van der Waals surface area (Å²) in [6, 6.07) is 8.32. The number of ketones is 1. The van der Waals surface area contributed by atoms with Crippen molar-refractivity contribution in [3.05, 3.63) is 35.4 Å². The maximum absolute atomic E-state index is 13.2. The van der Waals surface area contributed by atoms with Gasteiger partial charge >= 0.3 is 5.97 Å². The second-order valence-corrected chi connectivity index (χ2v) is 9.21. The van der Waals surface area contributed by atoms with Crippen molar-refractivity contribution in [2.24, 2.45) is 10.8 Å². The molecule has 2 fully saturated rings. The highest BCUT2D eigenvalue weighted by Crippen LogP contribution is 2.65. The van der Waals surface area contributed by atoms with Crippen molar-refractivity contribution in [2.75, 3.05) is 0 Å². The first-order chi connectivity index (χ1) is 11.5. The zero-order valence-electron chi connectivity index (χ0n) is 16.4. The summed E-state index contributed by atoms with van der Waals surface area (Å²) in [6.45, 7) is 12.6. The van der Waals surface area contributed by atoms with Crippen LogP contribution in [-0.2, 0) is 26.2 Å². The van der Waals surface area contributed by atoms with E-state index in [0.29, 0.717) is 12.8 Å². The molecule has 1 saturated carbocycles. The van der Waals surface area contributed by atoms with Gasteiger partial charge in [-0.3, -0.25) is 9.59 Å². The molecule has 2 aliphatic rings. The Labute approximate surface area is 151 Å². The van der Waals surface area contributed by atoms with Crippen LogP contribution in [-0.4, -0.2) is 17.4 Å². The van der Waals surface area contributed by atoms with Crippen molar-refractivity contribution in [3.8, 4) is 0 Å². The van der Waals surface area contributed by atoms with Crippen molar-refractivity contribution in [1.82, 2.24) is 0 Å². The minimum atomic E-state index is -0.958. The van der Waals surface area contributed by atoms with Crippen LogP contribution < -0.4 is 0 Å². The van der Waals surface area contributed by atoms with Crippen LogP contribution >= 0.6 is 0 Å². The Kier molecular flexibility index (Phi) is 3.94. The van der Waals surface area contributed by atoms with E-state index in [1.54, 1.807) is 0 Å². The predicted molar refractivity (Wildman–Crippen MR) is 98.4 cm³/mol. The second kappa shape index (κ2) is 5.43. The highest BCUT2D eigenvalue weighted by atomic mass is 16.6. The van der Waals surface area contributed by atoms with Crippen LogP contribution in [0.3, 0.4) is 0 Å². The third-order valence-electron chi connectivity index (χ3n) is 7.52. The molecule has 0 aromatic heterocycles. The topological polar surface area (TPSA) is 43.4 Å². The lowest BCUT2D eigenvalue weighted by Gasteiger charge is -2.35. The molecular weight excluding hydrogens is 312 g/mol. The molecule has 3 nitrogen and oxygen atoms in total. The molecule has 1 aliphatic heterocycles. The largest absolute Gasteiger partial charge is 0.450 e. The molecule has 0 spiro atoms. The Morgan fingerprint density at radius 2 is 1.72 bits per heavy atom. The van der Waals surface area contributed by atoms with E-state index in [4.69, 9.17) is 4.74 Å². The van der Waals surface area contributed by atoms with Gasteiger partial charge in [0.05, 0.1) is 5.41 Å². The van der Waals surface area contributed by atoms with Gasteiger partial charge in [-0.2, -0.15) is 0 Å². The lowest BCUT2D eigenvalue weighted by molar-refractivity contribution is -0.167. The summed E-state index contributed by atoms with van der Waals surface area (Å²) >= 11 is 0. The van der Waals surface area contributed by atoms with Crippen LogP contribution in [0.1, 0.15) is 71.9 Å². The number of rotatable bonds is 5. The van der Waals surface area contributed by atoms with Crippen molar-refractivity contribution in [2.45, 2.75) is 78.2 Å². The molecule has 3 heteroatoms. The van der Waals surface area contributed by atoms with E-state index < -0.39 is 16.4 Å². The summed E-state index contributed by atoms with van der Waals surface area (Å²) in [5.74, 6) is -0.174. The van der Waals surface area contributed by atoms with Gasteiger partial charge in [-0.05, 0) is 42.7 Å². The van der Waals surface area contributed by atoms with Crippen LogP contribution in [0.15, 0.2) is 24.3 Å². The van der Waals surface area contributed by atoms with Gasteiger partial charge in [0.15, 0.2) is 11.4 Å². The van der Waals surface area contributed by atoms with Gasteiger partial charge in [0, 0.05) is 11.8 Å². The van der Waals surface area contributed by atoms with Crippen molar-refractivity contribution in [1.29, 1.82) is 0 Å². The fourth-order valence-electron chi connectivity index (χ4n) is 4.45. The Morgan fingerprint density at radius 1 is 1.12 bits per heavy atom. The maximum atomic E-state index is 13.2. The van der Waals surface area contributed by atoms with Crippen molar-refractivity contribution < 1.29 is 14.3 Å². The first-order valence-corrected chi connectivity index (χ1v) is 9.36. The Bertz CT molecular complexity index is 713. The van der Waals surface area contributed by atoms with E-state index in [0.717, 1.165) is 18.4 Å². The smallest absolute Gasteiger partial charge is 0.313 e. The molecule has 1 saturated heterocycles. The summed E-state index contributed by atoms with van der Waals surface area (Å²) < 4.78 is 5.71. The summed E-state index contributed by atoms with van der Waals surface area (Å²) in [4.78, 5) is 25.5. The van der Waals surface area contributed by atoms with Crippen LogP contribution in [0.25, 0.3) is 0 Å². The van der Waals surface area contributed by atoms with Gasteiger partial charge in [-0.1, -0.05) is 58.9 Å². The van der Waals surface area contributed by atoms with Gasteiger partial charge in [0.2, 0.25) is 0 Å². The third kappa shape index (κ3) is 2.31. The molecule has 0 amide bonds. The number of fused-ring (bicyclic) bond motifs is 2. The number of carbonyl (C=O) groups is 2. The highest BCUT2D eigenvalue weighted by molar-refractivity contribution is 5.98. The molecule has 0 N–H and O–H groups in total. The van der Waals surface area contributed by atoms with E-state index in [1.165, 1.54) is 5.56 Å². The lowest BCUT2D eigenvalue weighted by Crippen LogP contribution is -2.48. The molecule has 2 bridgehead atoms. The standard InChI is InChI=1S/C22H30O3/c1-7-19(2,3)16-10-8-15(9-11-16)14-17(23)22-13-12-21(6,18(24)25-22)20(22,4)5/h8-11H,7,12-14H2,1-6H3. The number of hydrogen-bond acceptors (Lipinski definition) is 3. The van der Waals surface area contributed by atoms with Crippen LogP contribution in [0.2, 0.25) is 0 Å². The van der Waals surface area contributed by atoms with Gasteiger partial charge < -0.3 is 4.74 Å². The number of hydrogen-bond donors (Lipinski definition) is 0. The van der Waals surface area contributed by atoms with Gasteiger partial charge in [-0.25, -0.2) is 0 Å². The molecule has 1 aromatic carbocycles. The third-order valence-corrected chi connectivity index (χ3v) is 7.52. The van der Waals surface area contributed by atoms with E-state index in [1.807, 2.05) is 32.9 Å². The van der Waals surface area contributed by atoms with Gasteiger partial charge in [-0.15, -0.1) is 0 Å². The minimum Gasteiger partial charge on any atom is -0.450 e. The summed E-state index contributed by atoms with van der Waals surface area (Å²) in [5.41, 5.74) is 0.445. The van der Waals surface area contributed by atoms with Crippen molar-refractivity contribution >= 4 is 11.8 Å². The molecule has 1 heterocycles. The zero-order chi connectivity index (χ0) is 18.7. The number of esters is 1. The number of benzene rings is 1. The molecule has 2 atom stereocenters. The quantitative estimate of drug-likeness (QED) is 0.734. The zero-order valence-corrected chi connectivity index (χ0v) is 16.4. The Hall–Kier alpha value is -1.64. The van der Waals surface area contributed by atoms with E-state index >= 15 is 0 Å². The first-order valence-electron chi connectivity index (χ1n) is 9.36. The van der Waals surface area contributed by atoms with Crippen LogP contribution in [0, 0.1) is 10.8 Å². The molecule has 136 valence electrons. The number of carbonyl (C=O) groups excluding carboxylic acids is 2. The van der Waals surface area contributed by atoms with E-state index in [9.17, 15) is 9.59 Å². The average molecular weight is 342 g/mol. The SMILES string of the molecule is CCC(C)(C)c1ccc(CC(=O)C23CCC(C)(C(=O)O2)C3(C)C)cc1. The lowest BCUT2D eigenvalue weighted by atomic mass is 9.65. The number of ether oxygens (including phenoxy) is 1. The predicted octanol–water partition coefficient (Wildman–Crippen LogP) is 4.61. The maximum Gasteiger partial charge on any atom is 0.313 e. The monoisotopic (exact) mass is 342 g/mol. The highest BCUT2D eigenvalue weighted by Gasteiger charge is 2.75. The molecule has 1 aliphatic carbocycles. The average Bonchev–Trinajstić information content (AvgIpc) is 2.86. The molecule has 2 unspecified atom stereocenters. The fourth-order valence-corrected chi connectivity index (χ4v) is 4.45. The Balaban J connectivity index is 1.83. The Morgan fingerprint density at radius 3 is 2.16 bits per heavy atom. The van der Waals surface area contributed by atoms with Crippen molar-refractivity contribution in [3.63, 3.8) is 0 Å². The second-order valence-electron chi connectivity index (χ2n) is 9.21. The fraction of sp³-hybridized carbons (Fsp3) is 0.636. The normalized spacial score (nSPS) is 30.4. The summed E-state index contributed by atoms with van der Waals surface area (Å²) in [6.07, 6.45) is 2.76. The summed E-state index contributed by atoms with van der Waals surface area (Å²) in [7, 11) is 0. The number of Topliss-reactive ketones (excluding diaryl/α,β-unsaturated/α-hetero) is 1. The summed E-state index contributed by atoms with van der Waals surface area (Å²) in [5, 5.41) is 0. The van der Waals surface area contributed by atoms with Crippen LogP contribution in [0.4, 0.5) is 0 Å². The molecule has 3 rings (SSSR count). The van der Waals surface area contributed by atoms with Gasteiger partial charge in [0.25, 0.3) is 0 Å². The van der Waals surface area contributed by atoms with E-state index in [2.05, 4.69) is 32.9 Å². The molecule has 1 aromatic rings.